The van der Waals surface area contributed by atoms with Crippen LogP contribution in [0.4, 0.5) is 15.8 Å². The number of hydrogen-bond donors (Lipinski definition) is 1. The van der Waals surface area contributed by atoms with Crippen LogP contribution in [0, 0.1) is 5.82 Å². The second-order valence-electron chi connectivity index (χ2n) is 7.13. The van der Waals surface area contributed by atoms with Crippen LogP contribution in [0.2, 0.25) is 0 Å². The average Bonchev–Trinajstić information content (AvgIpc) is 3.29. The highest BCUT2D eigenvalue weighted by atomic mass is 19.1. The lowest BCUT2D eigenvalue weighted by Crippen LogP contribution is -2.28. The number of aromatic nitrogens is 1. The number of amides is 1. The van der Waals surface area contributed by atoms with Gasteiger partial charge in [0.25, 0.3) is 5.91 Å². The van der Waals surface area contributed by atoms with Crippen molar-refractivity contribution in [3.05, 3.63) is 65.6 Å². The summed E-state index contributed by atoms with van der Waals surface area (Å²) in [5, 5.41) is 3.76. The molecular weight excluding hydrogens is 385 g/mol. The molecule has 0 spiro atoms. The SMILES string of the molecule is CCOC(=O)c1ccc(Nc2c(C(=O)N3CCCC3)cnc3ccc(F)cc23)cc1. The highest BCUT2D eigenvalue weighted by Gasteiger charge is 2.24. The number of carbonyl (C=O) groups excluding carboxylic acids is 2. The minimum atomic E-state index is -0.407. The van der Waals surface area contributed by atoms with E-state index in [0.29, 0.717) is 53.1 Å². The summed E-state index contributed by atoms with van der Waals surface area (Å²) in [6.07, 6.45) is 3.48. The first-order valence-electron chi connectivity index (χ1n) is 9.98. The molecule has 1 aliphatic heterocycles. The predicted octanol–water partition coefficient (Wildman–Crippen LogP) is 4.53. The highest BCUT2D eigenvalue weighted by Crippen LogP contribution is 2.31. The molecular formula is C23H22FN3O3. The zero-order chi connectivity index (χ0) is 21.1. The molecule has 2 heterocycles. The molecule has 1 N–H and O–H groups in total. The predicted molar refractivity (Wildman–Crippen MR) is 113 cm³/mol. The van der Waals surface area contributed by atoms with Gasteiger partial charge < -0.3 is 15.0 Å². The molecule has 0 aliphatic carbocycles. The van der Waals surface area contributed by atoms with Gasteiger partial charge in [-0.05, 0) is 62.2 Å². The van der Waals surface area contributed by atoms with E-state index < -0.39 is 11.8 Å². The number of carbonyl (C=O) groups is 2. The van der Waals surface area contributed by atoms with E-state index in [9.17, 15) is 14.0 Å². The van der Waals surface area contributed by atoms with E-state index in [2.05, 4.69) is 10.3 Å². The summed E-state index contributed by atoms with van der Waals surface area (Å²) in [6, 6.07) is 11.0. The van der Waals surface area contributed by atoms with Crippen molar-refractivity contribution >= 4 is 34.2 Å². The molecule has 0 radical (unpaired) electrons. The van der Waals surface area contributed by atoms with Gasteiger partial charge in [-0.15, -0.1) is 0 Å². The Morgan fingerprint density at radius 2 is 1.87 bits per heavy atom. The van der Waals surface area contributed by atoms with E-state index in [0.717, 1.165) is 12.8 Å². The topological polar surface area (TPSA) is 71.5 Å². The van der Waals surface area contributed by atoms with Crippen LogP contribution in [0.5, 0.6) is 0 Å². The number of rotatable bonds is 5. The van der Waals surface area contributed by atoms with Gasteiger partial charge in [0.15, 0.2) is 0 Å². The van der Waals surface area contributed by atoms with E-state index in [1.807, 2.05) is 0 Å². The van der Waals surface area contributed by atoms with Crippen molar-refractivity contribution in [2.45, 2.75) is 19.8 Å². The maximum Gasteiger partial charge on any atom is 0.338 e. The fraction of sp³-hybridized carbons (Fsp3) is 0.261. The smallest absolute Gasteiger partial charge is 0.338 e. The standard InChI is InChI=1S/C23H22FN3O3/c1-2-30-23(29)15-5-8-17(9-6-15)26-21-18-13-16(24)7-10-20(18)25-14-19(21)22(28)27-11-3-4-12-27/h5-10,13-14H,2-4,11-12H2,1H3,(H,25,26). The Labute approximate surface area is 173 Å². The molecule has 1 saturated heterocycles. The molecule has 3 aromatic rings. The first-order valence-corrected chi connectivity index (χ1v) is 9.98. The number of esters is 1. The number of pyridine rings is 1. The maximum atomic E-state index is 14.0. The summed E-state index contributed by atoms with van der Waals surface area (Å²) >= 11 is 0. The van der Waals surface area contributed by atoms with E-state index >= 15 is 0 Å². The third kappa shape index (κ3) is 3.96. The van der Waals surface area contributed by atoms with Crippen molar-refractivity contribution < 1.29 is 18.7 Å². The third-order valence-electron chi connectivity index (χ3n) is 5.12. The van der Waals surface area contributed by atoms with Crippen LogP contribution in [-0.2, 0) is 4.74 Å². The summed E-state index contributed by atoms with van der Waals surface area (Å²) in [7, 11) is 0. The van der Waals surface area contributed by atoms with Crippen molar-refractivity contribution in [1.29, 1.82) is 0 Å². The first kappa shape index (κ1) is 19.8. The van der Waals surface area contributed by atoms with Crippen molar-refractivity contribution in [2.24, 2.45) is 0 Å². The van der Waals surface area contributed by atoms with Gasteiger partial charge in [0.2, 0.25) is 0 Å². The van der Waals surface area contributed by atoms with Gasteiger partial charge in [0.1, 0.15) is 5.82 Å². The lowest BCUT2D eigenvalue weighted by Gasteiger charge is -2.19. The quantitative estimate of drug-likeness (QED) is 0.629. The lowest BCUT2D eigenvalue weighted by atomic mass is 10.1. The maximum absolute atomic E-state index is 14.0. The van der Waals surface area contributed by atoms with Crippen LogP contribution in [0.3, 0.4) is 0 Å². The number of nitrogens with zero attached hydrogens (tertiary/aromatic N) is 2. The number of halogens is 1. The van der Waals surface area contributed by atoms with Crippen LogP contribution >= 0.6 is 0 Å². The van der Waals surface area contributed by atoms with Crippen LogP contribution in [0.25, 0.3) is 10.9 Å². The van der Waals surface area contributed by atoms with Crippen LogP contribution in [0.1, 0.15) is 40.5 Å². The van der Waals surface area contributed by atoms with E-state index in [-0.39, 0.29) is 5.91 Å². The van der Waals surface area contributed by atoms with Crippen molar-refractivity contribution in [3.63, 3.8) is 0 Å². The van der Waals surface area contributed by atoms with Crippen LogP contribution < -0.4 is 5.32 Å². The Hall–Kier alpha value is -3.48. The number of nitrogens with one attached hydrogen (secondary N) is 1. The van der Waals surface area contributed by atoms with Gasteiger partial charge in [-0.3, -0.25) is 9.78 Å². The molecule has 7 heteroatoms. The summed E-state index contributed by atoms with van der Waals surface area (Å²) in [4.78, 5) is 31.1. The fourth-order valence-corrected chi connectivity index (χ4v) is 3.60. The minimum absolute atomic E-state index is 0.128. The molecule has 154 valence electrons. The monoisotopic (exact) mass is 407 g/mol. The summed E-state index contributed by atoms with van der Waals surface area (Å²) in [5.41, 5.74) is 2.57. The van der Waals surface area contributed by atoms with E-state index in [1.165, 1.54) is 18.3 Å². The summed E-state index contributed by atoms with van der Waals surface area (Å²) < 4.78 is 19.0. The molecule has 2 aromatic carbocycles. The minimum Gasteiger partial charge on any atom is -0.462 e. The largest absolute Gasteiger partial charge is 0.462 e. The van der Waals surface area contributed by atoms with Crippen molar-refractivity contribution in [2.75, 3.05) is 25.0 Å². The Morgan fingerprint density at radius 3 is 2.57 bits per heavy atom. The Balaban J connectivity index is 1.73. The fourth-order valence-electron chi connectivity index (χ4n) is 3.60. The van der Waals surface area contributed by atoms with Crippen molar-refractivity contribution in [1.82, 2.24) is 9.88 Å². The van der Waals surface area contributed by atoms with E-state index in [1.54, 1.807) is 42.2 Å². The number of ether oxygens (including phenoxy) is 1. The Morgan fingerprint density at radius 1 is 1.13 bits per heavy atom. The van der Waals surface area contributed by atoms with Crippen LogP contribution in [-0.4, -0.2) is 41.5 Å². The highest BCUT2D eigenvalue weighted by molar-refractivity contribution is 6.08. The summed E-state index contributed by atoms with van der Waals surface area (Å²) in [6.45, 7) is 3.46. The number of anilines is 2. The molecule has 4 rings (SSSR count). The van der Waals surface area contributed by atoms with Gasteiger partial charge in [0.05, 0.1) is 28.9 Å². The molecule has 1 aromatic heterocycles. The second kappa shape index (κ2) is 8.49. The first-order chi connectivity index (χ1) is 14.6. The van der Waals surface area contributed by atoms with Gasteiger partial charge in [0, 0.05) is 30.4 Å². The van der Waals surface area contributed by atoms with Gasteiger partial charge in [-0.25, -0.2) is 9.18 Å². The number of benzene rings is 2. The molecule has 0 atom stereocenters. The normalized spacial score (nSPS) is 13.5. The Bertz CT molecular complexity index is 1090. The molecule has 1 fully saturated rings. The Kier molecular flexibility index (Phi) is 5.61. The zero-order valence-electron chi connectivity index (χ0n) is 16.7. The van der Waals surface area contributed by atoms with Crippen molar-refractivity contribution in [3.8, 4) is 0 Å². The molecule has 0 bridgehead atoms. The van der Waals surface area contributed by atoms with Crippen LogP contribution in [0.15, 0.2) is 48.7 Å². The molecule has 6 nitrogen and oxygen atoms in total. The lowest BCUT2D eigenvalue weighted by molar-refractivity contribution is 0.0526. The second-order valence-corrected chi connectivity index (χ2v) is 7.13. The summed E-state index contributed by atoms with van der Waals surface area (Å²) in [5.74, 6) is -0.932. The average molecular weight is 407 g/mol. The molecule has 0 unspecified atom stereocenters. The number of hydrogen-bond acceptors (Lipinski definition) is 5. The van der Waals surface area contributed by atoms with Gasteiger partial charge in [-0.2, -0.15) is 0 Å². The zero-order valence-corrected chi connectivity index (χ0v) is 16.7. The molecule has 0 saturated carbocycles. The van der Waals surface area contributed by atoms with Gasteiger partial charge >= 0.3 is 5.97 Å². The molecule has 1 aliphatic rings. The number of fused-ring (bicyclic) bond motifs is 1. The van der Waals surface area contributed by atoms with Gasteiger partial charge in [-0.1, -0.05) is 0 Å². The molecule has 1 amide bonds. The number of likely N-dealkylation sites (tertiary alicyclic amines) is 1. The third-order valence-corrected chi connectivity index (χ3v) is 5.12. The van der Waals surface area contributed by atoms with E-state index in [4.69, 9.17) is 4.74 Å². The molecule has 30 heavy (non-hydrogen) atoms.